The normalized spacial score (nSPS) is 10.4. The number of aromatic nitrogens is 1. The van der Waals surface area contributed by atoms with Crippen molar-refractivity contribution in [2.24, 2.45) is 0 Å². The summed E-state index contributed by atoms with van der Waals surface area (Å²) in [5.74, 6) is 1.31. The number of anilines is 1. The number of nitrogens with two attached hydrogens (primary N) is 1. The molecule has 0 radical (unpaired) electrons. The van der Waals surface area contributed by atoms with Crippen molar-refractivity contribution in [3.8, 4) is 11.6 Å². The zero-order valence-electron chi connectivity index (χ0n) is 9.57. The molecule has 84 valence electrons. The van der Waals surface area contributed by atoms with Gasteiger partial charge in [-0.05, 0) is 18.6 Å². The van der Waals surface area contributed by atoms with Gasteiger partial charge in [0.25, 0.3) is 0 Å². The van der Waals surface area contributed by atoms with E-state index < -0.39 is 0 Å². The zero-order chi connectivity index (χ0) is 11.7. The van der Waals surface area contributed by atoms with Crippen molar-refractivity contribution >= 4 is 16.6 Å². The summed E-state index contributed by atoms with van der Waals surface area (Å²) < 4.78 is 10.3. The summed E-state index contributed by atoms with van der Waals surface area (Å²) in [6.45, 7) is 1.99. The summed E-state index contributed by atoms with van der Waals surface area (Å²) in [4.78, 5) is 4.33. The third kappa shape index (κ3) is 1.62. The smallest absolute Gasteiger partial charge is 0.213 e. The van der Waals surface area contributed by atoms with Crippen LogP contribution in [0.15, 0.2) is 18.2 Å². The lowest BCUT2D eigenvalue weighted by molar-refractivity contribution is 0.399. The summed E-state index contributed by atoms with van der Waals surface area (Å²) in [6, 6.07) is 5.56. The van der Waals surface area contributed by atoms with Gasteiger partial charge >= 0.3 is 0 Å². The second-order valence-electron chi connectivity index (χ2n) is 3.59. The molecule has 0 aliphatic carbocycles. The number of benzene rings is 1. The molecule has 0 amide bonds. The van der Waals surface area contributed by atoms with E-state index in [2.05, 4.69) is 4.98 Å². The highest BCUT2D eigenvalue weighted by atomic mass is 16.5. The van der Waals surface area contributed by atoms with Gasteiger partial charge in [0, 0.05) is 17.5 Å². The Kier molecular flexibility index (Phi) is 2.56. The van der Waals surface area contributed by atoms with Gasteiger partial charge in [-0.2, -0.15) is 0 Å². The van der Waals surface area contributed by atoms with Gasteiger partial charge in [0.05, 0.1) is 25.4 Å². The van der Waals surface area contributed by atoms with Gasteiger partial charge in [0.1, 0.15) is 5.75 Å². The number of hydrogen-bond donors (Lipinski definition) is 1. The van der Waals surface area contributed by atoms with Crippen LogP contribution in [0.4, 0.5) is 5.69 Å². The minimum atomic E-state index is 0.571. The first-order valence-corrected chi connectivity index (χ1v) is 4.94. The average molecular weight is 218 g/mol. The molecule has 1 aromatic carbocycles. The Balaban J connectivity index is 2.78. The SMILES string of the molecule is COc1cc(N)c2nc(OC)cc(C)c2c1. The van der Waals surface area contributed by atoms with Crippen LogP contribution in [0.2, 0.25) is 0 Å². The Morgan fingerprint density at radius 2 is 1.88 bits per heavy atom. The predicted octanol–water partition coefficient (Wildman–Crippen LogP) is 2.14. The Morgan fingerprint density at radius 1 is 1.12 bits per heavy atom. The molecular weight excluding hydrogens is 204 g/mol. The van der Waals surface area contributed by atoms with Crippen LogP contribution in [0.5, 0.6) is 11.6 Å². The molecular formula is C12H14N2O2. The van der Waals surface area contributed by atoms with Crippen LogP contribution in [0.1, 0.15) is 5.56 Å². The number of ether oxygens (including phenoxy) is 2. The first-order valence-electron chi connectivity index (χ1n) is 4.94. The minimum absolute atomic E-state index is 0.571. The maximum atomic E-state index is 5.93. The second kappa shape index (κ2) is 3.89. The van der Waals surface area contributed by atoms with Gasteiger partial charge in [-0.15, -0.1) is 0 Å². The fraction of sp³-hybridized carbons (Fsp3) is 0.250. The predicted molar refractivity (Wildman–Crippen MR) is 64.0 cm³/mol. The monoisotopic (exact) mass is 218 g/mol. The highest BCUT2D eigenvalue weighted by Crippen LogP contribution is 2.30. The van der Waals surface area contributed by atoms with E-state index in [0.29, 0.717) is 11.6 Å². The molecule has 0 aliphatic rings. The Bertz CT molecular complexity index is 489. The van der Waals surface area contributed by atoms with Crippen molar-refractivity contribution in [3.63, 3.8) is 0 Å². The first kappa shape index (κ1) is 10.5. The molecule has 16 heavy (non-hydrogen) atoms. The lowest BCUT2D eigenvalue weighted by Gasteiger charge is -2.09. The largest absolute Gasteiger partial charge is 0.497 e. The van der Waals surface area contributed by atoms with E-state index in [1.54, 1.807) is 20.3 Å². The van der Waals surface area contributed by atoms with Crippen molar-refractivity contribution < 1.29 is 9.47 Å². The van der Waals surface area contributed by atoms with Crippen LogP contribution in [-0.4, -0.2) is 19.2 Å². The number of nitrogens with zero attached hydrogens (tertiary/aromatic N) is 1. The average Bonchev–Trinajstić information content (AvgIpc) is 2.29. The molecule has 2 N–H and O–H groups in total. The molecule has 0 aliphatic heterocycles. The number of hydrogen-bond acceptors (Lipinski definition) is 4. The van der Waals surface area contributed by atoms with Crippen molar-refractivity contribution in [1.29, 1.82) is 0 Å². The van der Waals surface area contributed by atoms with Gasteiger partial charge in [-0.25, -0.2) is 4.98 Å². The second-order valence-corrected chi connectivity index (χ2v) is 3.59. The summed E-state index contributed by atoms with van der Waals surface area (Å²) in [7, 11) is 3.21. The highest BCUT2D eigenvalue weighted by molar-refractivity contribution is 5.93. The molecule has 0 spiro atoms. The number of rotatable bonds is 2. The third-order valence-electron chi connectivity index (χ3n) is 2.54. The molecule has 4 nitrogen and oxygen atoms in total. The number of fused-ring (bicyclic) bond motifs is 1. The molecule has 0 saturated heterocycles. The fourth-order valence-corrected chi connectivity index (χ4v) is 1.68. The summed E-state index contributed by atoms with van der Waals surface area (Å²) in [5.41, 5.74) is 8.33. The van der Waals surface area contributed by atoms with Gasteiger partial charge < -0.3 is 15.2 Å². The summed E-state index contributed by atoms with van der Waals surface area (Å²) in [5, 5.41) is 0.984. The number of nitrogen functional groups attached to an aromatic ring is 1. The molecule has 0 unspecified atom stereocenters. The number of aryl methyl sites for hydroxylation is 1. The van der Waals surface area contributed by atoms with E-state index in [1.807, 2.05) is 19.1 Å². The van der Waals surface area contributed by atoms with E-state index in [0.717, 1.165) is 22.2 Å². The minimum Gasteiger partial charge on any atom is -0.497 e. The van der Waals surface area contributed by atoms with Gasteiger partial charge in [-0.3, -0.25) is 0 Å². The Labute approximate surface area is 94.0 Å². The summed E-state index contributed by atoms with van der Waals surface area (Å²) in [6.07, 6.45) is 0. The molecule has 4 heteroatoms. The van der Waals surface area contributed by atoms with E-state index in [4.69, 9.17) is 15.2 Å². The first-order chi connectivity index (χ1) is 7.65. The quantitative estimate of drug-likeness (QED) is 0.784. The maximum Gasteiger partial charge on any atom is 0.213 e. The molecule has 2 rings (SSSR count). The van der Waals surface area contributed by atoms with E-state index in [9.17, 15) is 0 Å². The standard InChI is InChI=1S/C12H14N2O2/c1-7-4-11(16-3)14-12-9(7)5-8(15-2)6-10(12)13/h4-6H,13H2,1-3H3. The Morgan fingerprint density at radius 3 is 2.50 bits per heavy atom. The lowest BCUT2D eigenvalue weighted by Crippen LogP contribution is -1.96. The Hall–Kier alpha value is -1.97. The van der Waals surface area contributed by atoms with Crippen LogP contribution in [0.25, 0.3) is 10.9 Å². The van der Waals surface area contributed by atoms with E-state index >= 15 is 0 Å². The van der Waals surface area contributed by atoms with E-state index in [-0.39, 0.29) is 0 Å². The highest BCUT2D eigenvalue weighted by Gasteiger charge is 2.08. The molecule has 0 atom stereocenters. The van der Waals surface area contributed by atoms with Crippen LogP contribution >= 0.6 is 0 Å². The van der Waals surface area contributed by atoms with Crippen molar-refractivity contribution in [1.82, 2.24) is 4.98 Å². The zero-order valence-corrected chi connectivity index (χ0v) is 9.57. The fourth-order valence-electron chi connectivity index (χ4n) is 1.68. The van der Waals surface area contributed by atoms with Crippen LogP contribution in [0, 0.1) is 6.92 Å². The van der Waals surface area contributed by atoms with Gasteiger partial charge in [0.2, 0.25) is 5.88 Å². The van der Waals surface area contributed by atoms with Crippen molar-refractivity contribution in [2.45, 2.75) is 6.92 Å². The molecule has 0 bridgehead atoms. The maximum absolute atomic E-state index is 5.93. The molecule has 1 aromatic heterocycles. The van der Waals surface area contributed by atoms with E-state index in [1.165, 1.54) is 0 Å². The number of methoxy groups -OCH3 is 2. The number of pyridine rings is 1. The third-order valence-corrected chi connectivity index (χ3v) is 2.54. The van der Waals surface area contributed by atoms with Gasteiger partial charge in [0.15, 0.2) is 0 Å². The molecule has 1 heterocycles. The molecule has 0 saturated carbocycles. The summed E-state index contributed by atoms with van der Waals surface area (Å²) >= 11 is 0. The van der Waals surface area contributed by atoms with Crippen LogP contribution < -0.4 is 15.2 Å². The topological polar surface area (TPSA) is 57.4 Å². The van der Waals surface area contributed by atoms with Crippen molar-refractivity contribution in [2.75, 3.05) is 20.0 Å². The molecule has 0 fully saturated rings. The molecule has 2 aromatic rings. The van der Waals surface area contributed by atoms with Crippen LogP contribution in [-0.2, 0) is 0 Å². The lowest BCUT2D eigenvalue weighted by atomic mass is 10.1. The van der Waals surface area contributed by atoms with Crippen LogP contribution in [0.3, 0.4) is 0 Å². The van der Waals surface area contributed by atoms with Crippen molar-refractivity contribution in [3.05, 3.63) is 23.8 Å². The van der Waals surface area contributed by atoms with Gasteiger partial charge in [-0.1, -0.05) is 0 Å².